The predicted octanol–water partition coefficient (Wildman–Crippen LogP) is 0.927. The van der Waals surface area contributed by atoms with E-state index in [1.165, 1.54) is 6.20 Å². The minimum Gasteiger partial charge on any atom is -0.396 e. The molecule has 3 rings (SSSR count). The van der Waals surface area contributed by atoms with Gasteiger partial charge in [-0.05, 0) is 32.2 Å². The number of amides is 1. The normalized spacial score (nSPS) is 28.3. The van der Waals surface area contributed by atoms with Gasteiger partial charge in [-0.2, -0.15) is 0 Å². The molecular formula is C19H30N4O3. The largest absolute Gasteiger partial charge is 0.396 e. The topological polar surface area (TPSA) is 89.8 Å². The Morgan fingerprint density at radius 1 is 1.31 bits per heavy atom. The van der Waals surface area contributed by atoms with Gasteiger partial charge in [0.2, 0.25) is 0 Å². The van der Waals surface area contributed by atoms with Crippen LogP contribution in [0, 0.1) is 5.41 Å². The highest BCUT2D eigenvalue weighted by atomic mass is 16.3. The number of likely N-dealkylation sites (tertiary alicyclic amines) is 2. The molecule has 144 valence electrons. The van der Waals surface area contributed by atoms with Crippen molar-refractivity contribution in [2.75, 3.05) is 32.8 Å². The Bertz CT molecular complexity index is 592. The molecule has 2 saturated heterocycles. The lowest BCUT2D eigenvalue weighted by Crippen LogP contribution is -2.57. The summed E-state index contributed by atoms with van der Waals surface area (Å²) in [6.07, 6.45) is 8.60. The van der Waals surface area contributed by atoms with Gasteiger partial charge in [-0.25, -0.2) is 4.98 Å². The molecule has 1 aromatic heterocycles. The second-order valence-corrected chi connectivity index (χ2v) is 7.65. The molecule has 1 amide bonds. The Balaban J connectivity index is 1.54. The summed E-state index contributed by atoms with van der Waals surface area (Å²) in [6.45, 7) is 5.07. The molecule has 0 aliphatic carbocycles. The number of aliphatic hydroxyl groups is 2. The van der Waals surface area contributed by atoms with Crippen molar-refractivity contribution >= 4 is 5.91 Å². The van der Waals surface area contributed by atoms with Crippen LogP contribution in [0.3, 0.4) is 0 Å². The van der Waals surface area contributed by atoms with Gasteiger partial charge in [-0.15, -0.1) is 0 Å². The van der Waals surface area contributed by atoms with Crippen LogP contribution < -0.4 is 0 Å². The first-order valence-electron chi connectivity index (χ1n) is 9.68. The third-order valence-electron chi connectivity index (χ3n) is 6.12. The van der Waals surface area contributed by atoms with Crippen molar-refractivity contribution in [3.63, 3.8) is 0 Å². The zero-order valence-corrected chi connectivity index (χ0v) is 15.5. The number of hydrogen-bond donors (Lipinski definition) is 2. The van der Waals surface area contributed by atoms with E-state index < -0.39 is 6.10 Å². The lowest BCUT2D eigenvalue weighted by Gasteiger charge is -2.48. The van der Waals surface area contributed by atoms with Gasteiger partial charge in [-0.1, -0.05) is 13.3 Å². The maximum absolute atomic E-state index is 12.5. The van der Waals surface area contributed by atoms with Crippen molar-refractivity contribution in [1.29, 1.82) is 0 Å². The van der Waals surface area contributed by atoms with Crippen molar-refractivity contribution in [1.82, 2.24) is 19.8 Å². The zero-order chi connectivity index (χ0) is 18.6. The third kappa shape index (κ3) is 3.89. The molecule has 2 fully saturated rings. The van der Waals surface area contributed by atoms with E-state index in [-0.39, 0.29) is 17.9 Å². The van der Waals surface area contributed by atoms with Gasteiger partial charge in [0.1, 0.15) is 5.69 Å². The van der Waals surface area contributed by atoms with Gasteiger partial charge in [0.15, 0.2) is 0 Å². The Morgan fingerprint density at radius 2 is 2.08 bits per heavy atom. The van der Waals surface area contributed by atoms with Gasteiger partial charge in [0, 0.05) is 43.5 Å². The smallest absolute Gasteiger partial charge is 0.274 e. The van der Waals surface area contributed by atoms with Crippen LogP contribution in [0.1, 0.15) is 49.5 Å². The van der Waals surface area contributed by atoms with E-state index in [1.54, 1.807) is 12.4 Å². The second kappa shape index (κ2) is 8.41. The summed E-state index contributed by atoms with van der Waals surface area (Å²) >= 11 is 0. The molecule has 0 aromatic carbocycles. The fourth-order valence-corrected chi connectivity index (χ4v) is 4.43. The minimum absolute atomic E-state index is 0.0565. The molecule has 0 saturated carbocycles. The molecule has 0 spiro atoms. The first kappa shape index (κ1) is 19.2. The molecule has 2 atom stereocenters. The van der Waals surface area contributed by atoms with Gasteiger partial charge in [-0.3, -0.25) is 14.7 Å². The molecular weight excluding hydrogens is 332 g/mol. The standard InChI is InChI=1S/C19H30N4O3/c1-2-5-19(14-24)6-11-23(13-17(19)25)15-3-9-22(10-4-15)18(26)16-12-20-7-8-21-16/h7-8,12,15,17,24-25H,2-6,9-11,13-14H2,1H3/t17-,19-/m1/s1. The zero-order valence-electron chi connectivity index (χ0n) is 15.5. The number of carbonyl (C=O) groups excluding carboxylic acids is 1. The number of aliphatic hydroxyl groups excluding tert-OH is 2. The number of nitrogens with zero attached hydrogens (tertiary/aromatic N) is 4. The van der Waals surface area contributed by atoms with E-state index >= 15 is 0 Å². The summed E-state index contributed by atoms with van der Waals surface area (Å²) in [5.74, 6) is -0.0579. The summed E-state index contributed by atoms with van der Waals surface area (Å²) in [4.78, 5) is 24.7. The van der Waals surface area contributed by atoms with E-state index in [2.05, 4.69) is 21.8 Å². The second-order valence-electron chi connectivity index (χ2n) is 7.65. The lowest BCUT2D eigenvalue weighted by atomic mass is 9.73. The molecule has 0 bridgehead atoms. The minimum atomic E-state index is -0.486. The number of carbonyl (C=O) groups is 1. The Morgan fingerprint density at radius 3 is 2.65 bits per heavy atom. The van der Waals surface area contributed by atoms with Gasteiger partial charge >= 0.3 is 0 Å². The van der Waals surface area contributed by atoms with E-state index in [0.717, 1.165) is 38.6 Å². The van der Waals surface area contributed by atoms with Crippen LogP contribution >= 0.6 is 0 Å². The summed E-state index contributed by atoms with van der Waals surface area (Å²) in [5.41, 5.74) is 0.0556. The molecule has 1 aromatic rings. The van der Waals surface area contributed by atoms with Crippen molar-refractivity contribution < 1.29 is 15.0 Å². The number of β-amino-alcohol motifs (C(OH)–C–C–N with tert-alkyl or cyclic N) is 1. The quantitative estimate of drug-likeness (QED) is 0.810. The summed E-state index contributed by atoms with van der Waals surface area (Å²) < 4.78 is 0. The van der Waals surface area contributed by atoms with Crippen LogP contribution in [-0.4, -0.2) is 80.8 Å². The van der Waals surface area contributed by atoms with Crippen LogP contribution in [0.5, 0.6) is 0 Å². The Kier molecular flexibility index (Phi) is 6.21. The van der Waals surface area contributed by atoms with Crippen molar-refractivity contribution in [2.45, 2.75) is 51.2 Å². The molecule has 3 heterocycles. The van der Waals surface area contributed by atoms with E-state index in [1.807, 2.05) is 4.90 Å². The maximum Gasteiger partial charge on any atom is 0.274 e. The fraction of sp³-hybridized carbons (Fsp3) is 0.737. The van der Waals surface area contributed by atoms with Gasteiger partial charge < -0.3 is 15.1 Å². The molecule has 2 aliphatic rings. The molecule has 26 heavy (non-hydrogen) atoms. The SMILES string of the molecule is CCC[C@]1(CO)CCN(C2CCN(C(=O)c3cnccn3)CC2)C[C@H]1O. The summed E-state index contributed by atoms with van der Waals surface area (Å²) in [6, 6.07) is 0.383. The van der Waals surface area contributed by atoms with Gasteiger partial charge in [0.05, 0.1) is 18.9 Å². The Labute approximate surface area is 155 Å². The fourth-order valence-electron chi connectivity index (χ4n) is 4.43. The van der Waals surface area contributed by atoms with Crippen molar-refractivity contribution in [3.05, 3.63) is 24.3 Å². The van der Waals surface area contributed by atoms with Crippen LogP contribution in [0.15, 0.2) is 18.6 Å². The van der Waals surface area contributed by atoms with Gasteiger partial charge in [0.25, 0.3) is 5.91 Å². The number of piperidine rings is 2. The van der Waals surface area contributed by atoms with E-state index in [4.69, 9.17) is 0 Å². The number of hydrogen-bond acceptors (Lipinski definition) is 6. The van der Waals surface area contributed by atoms with Crippen molar-refractivity contribution in [2.24, 2.45) is 5.41 Å². The van der Waals surface area contributed by atoms with E-state index in [0.29, 0.717) is 31.4 Å². The summed E-state index contributed by atoms with van der Waals surface area (Å²) in [5, 5.41) is 20.5. The number of rotatable bonds is 5. The lowest BCUT2D eigenvalue weighted by molar-refractivity contribution is -0.0911. The van der Waals surface area contributed by atoms with Crippen molar-refractivity contribution in [3.8, 4) is 0 Å². The highest BCUT2D eigenvalue weighted by molar-refractivity contribution is 5.92. The molecule has 2 N–H and O–H groups in total. The average molecular weight is 362 g/mol. The molecule has 2 aliphatic heterocycles. The first-order valence-corrected chi connectivity index (χ1v) is 9.68. The van der Waals surface area contributed by atoms with Crippen LogP contribution in [0.2, 0.25) is 0 Å². The molecule has 7 nitrogen and oxygen atoms in total. The molecule has 7 heteroatoms. The molecule has 0 radical (unpaired) electrons. The summed E-state index contributed by atoms with van der Waals surface area (Å²) in [7, 11) is 0. The van der Waals surface area contributed by atoms with Crippen LogP contribution in [0.4, 0.5) is 0 Å². The average Bonchev–Trinajstić information content (AvgIpc) is 2.70. The van der Waals surface area contributed by atoms with Crippen LogP contribution in [0.25, 0.3) is 0 Å². The monoisotopic (exact) mass is 362 g/mol. The highest BCUT2D eigenvalue weighted by Gasteiger charge is 2.43. The predicted molar refractivity (Wildman–Crippen MR) is 97.6 cm³/mol. The Hall–Kier alpha value is -1.57. The maximum atomic E-state index is 12.5. The third-order valence-corrected chi connectivity index (χ3v) is 6.12. The highest BCUT2D eigenvalue weighted by Crippen LogP contribution is 2.37. The van der Waals surface area contributed by atoms with E-state index in [9.17, 15) is 15.0 Å². The van der Waals surface area contributed by atoms with Crippen LogP contribution in [-0.2, 0) is 0 Å². The molecule has 0 unspecified atom stereocenters. The number of aromatic nitrogens is 2. The first-order chi connectivity index (χ1) is 12.6.